The van der Waals surface area contributed by atoms with Crippen LogP contribution in [0.1, 0.15) is 13.3 Å². The minimum Gasteiger partial charge on any atom is -0.465 e. The number of hydrogen-bond donors (Lipinski definition) is 2. The Labute approximate surface area is 86.2 Å². The van der Waals surface area contributed by atoms with Gasteiger partial charge in [-0.15, -0.1) is 0 Å². The van der Waals surface area contributed by atoms with Crippen LogP contribution < -0.4 is 16.0 Å². The third-order valence-electron chi connectivity index (χ3n) is 2.17. The Morgan fingerprint density at radius 2 is 2.20 bits per heavy atom. The van der Waals surface area contributed by atoms with Gasteiger partial charge in [0.25, 0.3) is 0 Å². The molecule has 0 bridgehead atoms. The van der Waals surface area contributed by atoms with E-state index in [0.717, 1.165) is 17.1 Å². The van der Waals surface area contributed by atoms with E-state index in [2.05, 4.69) is 15.3 Å². The number of nitrogens with zero attached hydrogens (tertiary/aromatic N) is 2. The van der Waals surface area contributed by atoms with E-state index in [1.165, 1.54) is 0 Å². The van der Waals surface area contributed by atoms with Crippen LogP contribution >= 0.6 is 0 Å². The van der Waals surface area contributed by atoms with E-state index in [9.17, 15) is 4.79 Å². The van der Waals surface area contributed by atoms with Gasteiger partial charge in [-0.05, 0) is 24.6 Å². The lowest BCUT2D eigenvalue weighted by atomic mass is 10.3. The molecule has 0 radical (unpaired) electrons. The number of rotatable bonds is 2. The Balaban J connectivity index is 2.38. The highest BCUT2D eigenvalue weighted by Crippen LogP contribution is 2.04. The summed E-state index contributed by atoms with van der Waals surface area (Å²) in [5.41, 5.74) is 0.525. The predicted molar refractivity (Wildman–Crippen MR) is 54.5 cm³/mol. The lowest BCUT2D eigenvalue weighted by molar-refractivity contribution is 0.210. The first kappa shape index (κ1) is 9.64. The zero-order valence-corrected chi connectivity index (χ0v) is 8.27. The molecule has 0 saturated heterocycles. The molecule has 1 unspecified atom stereocenters. The van der Waals surface area contributed by atoms with Crippen LogP contribution in [-0.2, 0) is 0 Å². The van der Waals surface area contributed by atoms with Gasteiger partial charge in [0.15, 0.2) is 0 Å². The summed E-state index contributed by atoms with van der Waals surface area (Å²) in [5, 5.41) is 12.4. The van der Waals surface area contributed by atoms with Crippen LogP contribution in [0.15, 0.2) is 28.2 Å². The molecule has 0 fully saturated rings. The molecule has 1 aliphatic heterocycles. The van der Waals surface area contributed by atoms with Crippen molar-refractivity contribution in [3.8, 4) is 0 Å². The van der Waals surface area contributed by atoms with E-state index >= 15 is 0 Å². The third kappa shape index (κ3) is 1.96. The van der Waals surface area contributed by atoms with Crippen molar-refractivity contribution in [2.45, 2.75) is 19.5 Å². The van der Waals surface area contributed by atoms with Gasteiger partial charge in [0.05, 0.1) is 10.7 Å². The summed E-state index contributed by atoms with van der Waals surface area (Å²) >= 11 is 0. The van der Waals surface area contributed by atoms with Crippen LogP contribution in [0, 0.1) is 0 Å². The molecule has 5 heteroatoms. The maximum Gasteiger partial charge on any atom is 0.409 e. The van der Waals surface area contributed by atoms with Crippen molar-refractivity contribution in [3.05, 3.63) is 28.9 Å². The smallest absolute Gasteiger partial charge is 0.409 e. The Bertz CT molecular complexity index is 510. The standard InChI is InChI=1S/C10H11N3O2/c1-2-9-12-7-4-3-6(11-10(14)15)5-8(7)13-9/h3-5,9,11H,2H2,1H3,(H,14,15). The Kier molecular flexibility index (Phi) is 2.37. The quantitative estimate of drug-likeness (QED) is 0.748. The average Bonchev–Trinajstić information content (AvgIpc) is 2.58. The Morgan fingerprint density at radius 1 is 1.47 bits per heavy atom. The molecular formula is C10H11N3O2. The van der Waals surface area contributed by atoms with Gasteiger partial charge in [0.2, 0.25) is 0 Å². The maximum atomic E-state index is 10.4. The van der Waals surface area contributed by atoms with Gasteiger partial charge < -0.3 is 5.11 Å². The Morgan fingerprint density at radius 3 is 2.87 bits per heavy atom. The second-order valence-corrected chi connectivity index (χ2v) is 3.28. The van der Waals surface area contributed by atoms with E-state index in [1.54, 1.807) is 18.2 Å². The van der Waals surface area contributed by atoms with Crippen molar-refractivity contribution >= 4 is 11.8 Å². The van der Waals surface area contributed by atoms with Crippen LogP contribution in [-0.4, -0.2) is 17.4 Å². The number of amides is 1. The number of anilines is 1. The molecular weight excluding hydrogens is 194 g/mol. The topological polar surface area (TPSA) is 74.0 Å². The minimum absolute atomic E-state index is 0.0138. The van der Waals surface area contributed by atoms with Crippen LogP contribution in [0.5, 0.6) is 0 Å². The number of carbonyl (C=O) groups is 1. The highest BCUT2D eigenvalue weighted by Gasteiger charge is 2.07. The molecule has 0 saturated carbocycles. The fourth-order valence-electron chi connectivity index (χ4n) is 1.47. The monoisotopic (exact) mass is 205 g/mol. The van der Waals surface area contributed by atoms with Gasteiger partial charge >= 0.3 is 6.09 Å². The van der Waals surface area contributed by atoms with Gasteiger partial charge in [0.1, 0.15) is 6.17 Å². The normalized spacial score (nSPS) is 17.5. The van der Waals surface area contributed by atoms with Crippen molar-refractivity contribution in [2.75, 3.05) is 5.32 Å². The molecule has 0 aliphatic carbocycles. The van der Waals surface area contributed by atoms with Crippen LogP contribution in [0.3, 0.4) is 0 Å². The SMILES string of the molecule is CCC1N=c2ccc(NC(=O)O)cc2=N1. The van der Waals surface area contributed by atoms with Crippen LogP contribution in [0.25, 0.3) is 0 Å². The summed E-state index contributed by atoms with van der Waals surface area (Å²) in [4.78, 5) is 19.1. The van der Waals surface area contributed by atoms with E-state index in [1.807, 2.05) is 6.92 Å². The second kappa shape index (κ2) is 3.68. The number of nitrogens with one attached hydrogen (secondary N) is 1. The molecule has 0 spiro atoms. The predicted octanol–water partition coefficient (Wildman–Crippen LogP) is 0.765. The van der Waals surface area contributed by atoms with E-state index in [4.69, 9.17) is 5.11 Å². The largest absolute Gasteiger partial charge is 0.465 e. The first-order chi connectivity index (χ1) is 7.19. The number of fused-ring (bicyclic) bond motifs is 1. The number of benzene rings is 1. The van der Waals surface area contributed by atoms with E-state index in [-0.39, 0.29) is 6.17 Å². The molecule has 1 aromatic carbocycles. The van der Waals surface area contributed by atoms with Crippen molar-refractivity contribution < 1.29 is 9.90 Å². The van der Waals surface area contributed by atoms with Gasteiger partial charge in [-0.2, -0.15) is 0 Å². The van der Waals surface area contributed by atoms with Gasteiger partial charge in [-0.1, -0.05) is 6.92 Å². The van der Waals surface area contributed by atoms with Gasteiger partial charge in [-0.3, -0.25) is 15.3 Å². The summed E-state index contributed by atoms with van der Waals surface area (Å²) in [6.07, 6.45) is -0.229. The molecule has 1 heterocycles. The van der Waals surface area contributed by atoms with Crippen molar-refractivity contribution in [2.24, 2.45) is 9.98 Å². The Hall–Kier alpha value is -1.91. The van der Waals surface area contributed by atoms with Crippen molar-refractivity contribution in [1.29, 1.82) is 0 Å². The van der Waals surface area contributed by atoms with E-state index in [0.29, 0.717) is 5.69 Å². The minimum atomic E-state index is -1.07. The lowest BCUT2D eigenvalue weighted by Crippen LogP contribution is -2.22. The molecule has 78 valence electrons. The lowest BCUT2D eigenvalue weighted by Gasteiger charge is -1.97. The van der Waals surface area contributed by atoms with Gasteiger partial charge in [0, 0.05) is 5.69 Å². The summed E-state index contributed by atoms with van der Waals surface area (Å²) < 4.78 is 0. The molecule has 1 atom stereocenters. The molecule has 15 heavy (non-hydrogen) atoms. The summed E-state index contributed by atoms with van der Waals surface area (Å²) in [6.45, 7) is 2.01. The second-order valence-electron chi connectivity index (χ2n) is 3.28. The molecule has 2 rings (SSSR count). The highest BCUT2D eigenvalue weighted by molar-refractivity contribution is 5.82. The van der Waals surface area contributed by atoms with Crippen molar-refractivity contribution in [3.63, 3.8) is 0 Å². The van der Waals surface area contributed by atoms with Crippen LogP contribution in [0.4, 0.5) is 10.5 Å². The first-order valence-corrected chi connectivity index (χ1v) is 4.74. The van der Waals surface area contributed by atoms with Gasteiger partial charge in [-0.25, -0.2) is 4.79 Å². The summed E-state index contributed by atoms with van der Waals surface area (Å²) in [6, 6.07) is 5.16. The third-order valence-corrected chi connectivity index (χ3v) is 2.17. The summed E-state index contributed by atoms with van der Waals surface area (Å²) in [7, 11) is 0. The maximum absolute atomic E-state index is 10.4. The molecule has 1 aromatic rings. The van der Waals surface area contributed by atoms with Crippen LogP contribution in [0.2, 0.25) is 0 Å². The molecule has 5 nitrogen and oxygen atoms in total. The summed E-state index contributed by atoms with van der Waals surface area (Å²) in [5.74, 6) is 0. The van der Waals surface area contributed by atoms with Crippen molar-refractivity contribution in [1.82, 2.24) is 0 Å². The number of hydrogen-bond acceptors (Lipinski definition) is 3. The first-order valence-electron chi connectivity index (χ1n) is 4.74. The molecule has 1 amide bonds. The zero-order chi connectivity index (χ0) is 10.8. The zero-order valence-electron chi connectivity index (χ0n) is 8.27. The molecule has 2 N–H and O–H groups in total. The molecule has 1 aliphatic rings. The fourth-order valence-corrected chi connectivity index (χ4v) is 1.47. The highest BCUT2D eigenvalue weighted by atomic mass is 16.4. The molecule has 0 aromatic heterocycles. The number of carboxylic acid groups (broad SMARTS) is 1. The van der Waals surface area contributed by atoms with E-state index < -0.39 is 6.09 Å². The average molecular weight is 205 g/mol. The fraction of sp³-hybridized carbons (Fsp3) is 0.300.